The first kappa shape index (κ1) is 15.4. The van der Waals surface area contributed by atoms with Gasteiger partial charge in [-0.25, -0.2) is 4.39 Å². The summed E-state index contributed by atoms with van der Waals surface area (Å²) in [6.07, 6.45) is 0. The van der Waals surface area contributed by atoms with Crippen LogP contribution in [0.2, 0.25) is 0 Å². The average molecular weight is 287 g/mol. The minimum absolute atomic E-state index is 0.107. The quantitative estimate of drug-likeness (QED) is 0.836. The van der Waals surface area contributed by atoms with E-state index in [1.807, 2.05) is 0 Å². The number of amides is 2. The van der Waals surface area contributed by atoms with Gasteiger partial charge in [0, 0.05) is 6.04 Å². The van der Waals surface area contributed by atoms with Gasteiger partial charge in [0.15, 0.2) is 0 Å². The van der Waals surface area contributed by atoms with E-state index in [4.69, 9.17) is 11.6 Å². The van der Waals surface area contributed by atoms with E-state index in [9.17, 15) is 14.0 Å². The van der Waals surface area contributed by atoms with E-state index in [1.54, 1.807) is 13.8 Å². The number of halogens is 2. The molecule has 19 heavy (non-hydrogen) atoms. The van der Waals surface area contributed by atoms with Crippen molar-refractivity contribution in [3.05, 3.63) is 29.6 Å². The number of carbonyl (C=O) groups is 2. The van der Waals surface area contributed by atoms with Crippen LogP contribution >= 0.6 is 11.6 Å². The van der Waals surface area contributed by atoms with Gasteiger partial charge in [-0.3, -0.25) is 9.59 Å². The number of hydrogen-bond donors (Lipinski definition) is 2. The molecule has 2 amide bonds. The maximum Gasteiger partial charge on any atom is 0.256 e. The van der Waals surface area contributed by atoms with Crippen LogP contribution < -0.4 is 10.6 Å². The molecule has 0 aliphatic rings. The minimum Gasteiger partial charge on any atom is -0.350 e. The van der Waals surface area contributed by atoms with Crippen molar-refractivity contribution >= 4 is 29.1 Å². The summed E-state index contributed by atoms with van der Waals surface area (Å²) in [4.78, 5) is 23.4. The molecule has 0 radical (unpaired) electrons. The topological polar surface area (TPSA) is 58.2 Å². The summed E-state index contributed by atoms with van der Waals surface area (Å²) in [6.45, 7) is 5.01. The highest BCUT2D eigenvalue weighted by Gasteiger charge is 2.20. The smallest absolute Gasteiger partial charge is 0.256 e. The molecule has 1 rings (SSSR count). The Morgan fingerprint density at radius 1 is 1.26 bits per heavy atom. The highest BCUT2D eigenvalue weighted by Crippen LogP contribution is 2.19. The molecule has 104 valence electrons. The third-order valence-corrected chi connectivity index (χ3v) is 2.48. The average Bonchev–Trinajstić information content (AvgIpc) is 2.27. The zero-order valence-electron chi connectivity index (χ0n) is 11.0. The second kappa shape index (κ2) is 6.52. The Morgan fingerprint density at radius 2 is 1.89 bits per heavy atom. The van der Waals surface area contributed by atoms with Crippen LogP contribution in [0.3, 0.4) is 0 Å². The molecule has 0 aliphatic heterocycles. The number of hydrogen-bond acceptors (Lipinski definition) is 2. The molecule has 0 aliphatic carbocycles. The molecular weight excluding hydrogens is 271 g/mol. The summed E-state index contributed by atoms with van der Waals surface area (Å²) < 4.78 is 13.8. The van der Waals surface area contributed by atoms with Gasteiger partial charge in [0.05, 0.1) is 11.3 Å². The van der Waals surface area contributed by atoms with Crippen LogP contribution in [-0.4, -0.2) is 23.2 Å². The van der Waals surface area contributed by atoms with Gasteiger partial charge in [-0.1, -0.05) is 6.07 Å². The molecule has 1 unspecified atom stereocenters. The van der Waals surface area contributed by atoms with Crippen LogP contribution in [0, 0.1) is 5.82 Å². The molecular formula is C13H16ClFN2O2. The van der Waals surface area contributed by atoms with Crippen LogP contribution in [0.25, 0.3) is 0 Å². The molecule has 0 aromatic heterocycles. The summed E-state index contributed by atoms with van der Waals surface area (Å²) in [5.74, 6) is -1.77. The number of benzene rings is 1. The Kier molecular flexibility index (Phi) is 5.30. The summed E-state index contributed by atoms with van der Waals surface area (Å²) in [5.41, 5.74) is -0.0856. The van der Waals surface area contributed by atoms with Crippen molar-refractivity contribution in [2.24, 2.45) is 0 Å². The summed E-state index contributed by atoms with van der Waals surface area (Å²) in [5, 5.41) is 4.24. The Bertz CT molecular complexity index is 490. The molecule has 1 aromatic carbocycles. The molecule has 0 saturated carbocycles. The van der Waals surface area contributed by atoms with Crippen LogP contribution in [-0.2, 0) is 4.79 Å². The number of anilines is 1. The van der Waals surface area contributed by atoms with Gasteiger partial charge >= 0.3 is 0 Å². The Balaban J connectivity index is 3.08. The van der Waals surface area contributed by atoms with Crippen molar-refractivity contribution in [2.75, 3.05) is 5.32 Å². The highest BCUT2D eigenvalue weighted by atomic mass is 35.5. The second-order valence-corrected chi connectivity index (χ2v) is 5.05. The molecule has 0 saturated heterocycles. The van der Waals surface area contributed by atoms with E-state index in [-0.39, 0.29) is 17.3 Å². The fraction of sp³-hybridized carbons (Fsp3) is 0.385. The summed E-state index contributed by atoms with van der Waals surface area (Å²) in [7, 11) is 0. The molecule has 0 heterocycles. The van der Waals surface area contributed by atoms with Crippen LogP contribution in [0.4, 0.5) is 10.1 Å². The van der Waals surface area contributed by atoms with E-state index in [1.165, 1.54) is 19.1 Å². The van der Waals surface area contributed by atoms with Crippen LogP contribution in [0.1, 0.15) is 31.1 Å². The Morgan fingerprint density at radius 3 is 2.42 bits per heavy atom. The lowest BCUT2D eigenvalue weighted by atomic mass is 10.1. The molecule has 0 fully saturated rings. The van der Waals surface area contributed by atoms with Crippen molar-refractivity contribution in [3.63, 3.8) is 0 Å². The predicted molar refractivity (Wildman–Crippen MR) is 72.9 cm³/mol. The SMILES string of the molecule is CC(C)NC(=O)c1c(F)cccc1NC(=O)C(C)Cl. The number of alkyl halides is 1. The monoisotopic (exact) mass is 286 g/mol. The van der Waals surface area contributed by atoms with Crippen molar-refractivity contribution in [1.29, 1.82) is 0 Å². The van der Waals surface area contributed by atoms with Crippen molar-refractivity contribution in [1.82, 2.24) is 5.32 Å². The van der Waals surface area contributed by atoms with Crippen molar-refractivity contribution < 1.29 is 14.0 Å². The summed E-state index contributed by atoms with van der Waals surface area (Å²) in [6, 6.07) is 3.89. The van der Waals surface area contributed by atoms with Gasteiger partial charge in [-0.05, 0) is 32.9 Å². The maximum absolute atomic E-state index is 13.8. The lowest BCUT2D eigenvalue weighted by Gasteiger charge is -2.14. The normalized spacial score (nSPS) is 12.1. The molecule has 0 spiro atoms. The third kappa shape index (κ3) is 4.21. The predicted octanol–water partition coefficient (Wildman–Crippen LogP) is 2.53. The van der Waals surface area contributed by atoms with E-state index < -0.39 is 23.0 Å². The zero-order chi connectivity index (χ0) is 14.6. The standard InChI is InChI=1S/C13H16ClFN2O2/c1-7(2)16-13(19)11-9(15)5-4-6-10(11)17-12(18)8(3)14/h4-8H,1-3H3,(H,16,19)(H,17,18). The lowest BCUT2D eigenvalue weighted by molar-refractivity contribution is -0.115. The summed E-state index contributed by atoms with van der Waals surface area (Å²) >= 11 is 5.63. The Hall–Kier alpha value is -1.62. The van der Waals surface area contributed by atoms with E-state index in [0.717, 1.165) is 6.07 Å². The van der Waals surface area contributed by atoms with Crippen LogP contribution in [0.5, 0.6) is 0 Å². The Labute approximate surface area is 116 Å². The van der Waals surface area contributed by atoms with Gasteiger partial charge in [0.1, 0.15) is 11.2 Å². The lowest BCUT2D eigenvalue weighted by Crippen LogP contribution is -2.32. The minimum atomic E-state index is -0.774. The van der Waals surface area contributed by atoms with Gasteiger partial charge in [0.25, 0.3) is 5.91 Å². The van der Waals surface area contributed by atoms with Crippen molar-refractivity contribution in [3.8, 4) is 0 Å². The van der Waals surface area contributed by atoms with Gasteiger partial charge in [-0.2, -0.15) is 0 Å². The molecule has 1 aromatic rings. The fourth-order valence-corrected chi connectivity index (χ4v) is 1.48. The fourth-order valence-electron chi connectivity index (χ4n) is 1.43. The first-order valence-electron chi connectivity index (χ1n) is 5.87. The third-order valence-electron chi connectivity index (χ3n) is 2.28. The number of nitrogens with one attached hydrogen (secondary N) is 2. The number of rotatable bonds is 4. The van der Waals surface area contributed by atoms with E-state index in [0.29, 0.717) is 0 Å². The molecule has 6 heteroatoms. The van der Waals surface area contributed by atoms with Crippen LogP contribution in [0.15, 0.2) is 18.2 Å². The molecule has 0 bridgehead atoms. The largest absolute Gasteiger partial charge is 0.350 e. The van der Waals surface area contributed by atoms with E-state index in [2.05, 4.69) is 10.6 Å². The highest BCUT2D eigenvalue weighted by molar-refractivity contribution is 6.32. The van der Waals surface area contributed by atoms with Gasteiger partial charge < -0.3 is 10.6 Å². The second-order valence-electron chi connectivity index (χ2n) is 4.40. The molecule has 1 atom stereocenters. The van der Waals surface area contributed by atoms with Crippen molar-refractivity contribution in [2.45, 2.75) is 32.2 Å². The zero-order valence-corrected chi connectivity index (χ0v) is 11.7. The molecule has 4 nitrogen and oxygen atoms in total. The molecule has 2 N–H and O–H groups in total. The van der Waals surface area contributed by atoms with Gasteiger partial charge in [-0.15, -0.1) is 11.6 Å². The van der Waals surface area contributed by atoms with E-state index >= 15 is 0 Å². The number of carbonyl (C=O) groups excluding carboxylic acids is 2. The first-order chi connectivity index (χ1) is 8.82. The maximum atomic E-state index is 13.8. The first-order valence-corrected chi connectivity index (χ1v) is 6.31. The van der Waals surface area contributed by atoms with Gasteiger partial charge in [0.2, 0.25) is 5.91 Å².